The van der Waals surface area contributed by atoms with Gasteiger partial charge in [0.1, 0.15) is 0 Å². The monoisotopic (exact) mass is 276 g/mol. The fourth-order valence-corrected chi connectivity index (χ4v) is 4.87. The Kier molecular flexibility index (Phi) is 3.57. The van der Waals surface area contributed by atoms with Crippen LogP contribution in [0.3, 0.4) is 0 Å². The molecule has 1 saturated heterocycles. The highest BCUT2D eigenvalue weighted by Crippen LogP contribution is 2.45. The lowest BCUT2D eigenvalue weighted by Gasteiger charge is -2.57. The van der Waals surface area contributed by atoms with Crippen molar-refractivity contribution in [1.82, 2.24) is 15.8 Å². The van der Waals surface area contributed by atoms with Crippen molar-refractivity contribution in [2.45, 2.75) is 82.2 Å². The van der Waals surface area contributed by atoms with Crippen LogP contribution in [0.1, 0.15) is 57.8 Å². The summed E-state index contributed by atoms with van der Waals surface area (Å²) in [4.78, 5) is 7.07. The summed E-state index contributed by atoms with van der Waals surface area (Å²) in [6, 6.07) is 2.05. The molecule has 3 saturated carbocycles. The molecule has 20 heavy (non-hydrogen) atoms. The molecule has 4 unspecified atom stereocenters. The highest BCUT2D eigenvalue weighted by Gasteiger charge is 2.49. The van der Waals surface area contributed by atoms with E-state index in [1.165, 1.54) is 57.8 Å². The number of rotatable bonds is 3. The molecular formula is C16H28N4. The van der Waals surface area contributed by atoms with Gasteiger partial charge in [-0.2, -0.15) is 0 Å². The molecule has 4 rings (SSSR count). The molecule has 0 amide bonds. The molecule has 112 valence electrons. The van der Waals surface area contributed by atoms with E-state index in [4.69, 9.17) is 0 Å². The van der Waals surface area contributed by atoms with E-state index in [0.29, 0.717) is 12.1 Å². The topological polar surface area (TPSA) is 39.7 Å². The molecule has 4 nitrogen and oxygen atoms in total. The van der Waals surface area contributed by atoms with Crippen LogP contribution in [0.2, 0.25) is 0 Å². The second-order valence-electron chi connectivity index (χ2n) is 7.26. The first-order chi connectivity index (χ1) is 9.88. The fraction of sp³-hybridized carbons (Fsp3) is 0.938. The van der Waals surface area contributed by atoms with Crippen LogP contribution in [0, 0.1) is 11.8 Å². The van der Waals surface area contributed by atoms with Crippen molar-refractivity contribution in [3.63, 3.8) is 0 Å². The number of aliphatic imine (C=N–C) groups is 1. The van der Waals surface area contributed by atoms with Gasteiger partial charge in [-0.1, -0.05) is 32.1 Å². The van der Waals surface area contributed by atoms with E-state index in [1.54, 1.807) is 0 Å². The molecule has 3 aliphatic carbocycles. The van der Waals surface area contributed by atoms with Crippen LogP contribution in [0.4, 0.5) is 0 Å². The Morgan fingerprint density at radius 3 is 2.25 bits per heavy atom. The van der Waals surface area contributed by atoms with Gasteiger partial charge in [-0.15, -0.1) is 0 Å². The van der Waals surface area contributed by atoms with E-state index in [-0.39, 0.29) is 6.29 Å². The lowest BCUT2D eigenvalue weighted by molar-refractivity contribution is -0.0892. The zero-order valence-corrected chi connectivity index (χ0v) is 12.4. The minimum absolute atomic E-state index is 0.0854. The standard InChI is InChI=1S/C16H28N4/c1-17-16-19-18-14-10-4-9-13(11-5-2-6-11)15(14)20(16)12-7-3-8-12/h11-16,18-19H,1-10H2. The number of nitrogens with zero attached hydrogens (tertiary/aromatic N) is 2. The molecule has 1 aliphatic heterocycles. The highest BCUT2D eigenvalue weighted by molar-refractivity contribution is 5.24. The Morgan fingerprint density at radius 1 is 0.900 bits per heavy atom. The van der Waals surface area contributed by atoms with Crippen LogP contribution in [0.5, 0.6) is 0 Å². The van der Waals surface area contributed by atoms with Crippen molar-refractivity contribution in [2.75, 3.05) is 0 Å². The smallest absolute Gasteiger partial charge is 0.168 e. The Hall–Kier alpha value is -0.450. The number of nitrogens with one attached hydrogen (secondary N) is 2. The van der Waals surface area contributed by atoms with Crippen molar-refractivity contribution in [1.29, 1.82) is 0 Å². The zero-order valence-electron chi connectivity index (χ0n) is 12.4. The summed E-state index contributed by atoms with van der Waals surface area (Å²) in [7, 11) is 0. The average molecular weight is 276 g/mol. The SMILES string of the molecule is C=NC1NNC2CCCC(C3CCC3)C2N1C1CCC1. The summed E-state index contributed by atoms with van der Waals surface area (Å²) in [5, 5.41) is 0. The molecular weight excluding hydrogens is 248 g/mol. The third-order valence-corrected chi connectivity index (χ3v) is 6.35. The lowest BCUT2D eigenvalue weighted by Crippen LogP contribution is -2.73. The van der Waals surface area contributed by atoms with Gasteiger partial charge in [0.2, 0.25) is 0 Å². The predicted molar refractivity (Wildman–Crippen MR) is 81.3 cm³/mol. The van der Waals surface area contributed by atoms with E-state index < -0.39 is 0 Å². The molecule has 0 aromatic heterocycles. The lowest BCUT2D eigenvalue weighted by atomic mass is 9.65. The number of hydrogen-bond acceptors (Lipinski definition) is 4. The minimum atomic E-state index is 0.0854. The first kappa shape index (κ1) is 13.2. The van der Waals surface area contributed by atoms with Gasteiger partial charge in [-0.3, -0.25) is 15.3 Å². The van der Waals surface area contributed by atoms with Crippen molar-refractivity contribution < 1.29 is 0 Å². The molecule has 0 aromatic rings. The molecule has 4 aliphatic rings. The maximum Gasteiger partial charge on any atom is 0.168 e. The maximum absolute atomic E-state index is 4.36. The second-order valence-corrected chi connectivity index (χ2v) is 7.26. The summed E-state index contributed by atoms with van der Waals surface area (Å²) < 4.78 is 0. The molecule has 0 spiro atoms. The quantitative estimate of drug-likeness (QED) is 0.777. The molecule has 0 aromatic carbocycles. The fourth-order valence-electron chi connectivity index (χ4n) is 4.87. The Labute approximate surface area is 122 Å². The van der Waals surface area contributed by atoms with Crippen LogP contribution < -0.4 is 10.9 Å². The first-order valence-electron chi connectivity index (χ1n) is 8.63. The van der Waals surface area contributed by atoms with Crippen LogP contribution in [0.15, 0.2) is 4.99 Å². The van der Waals surface area contributed by atoms with Crippen LogP contribution in [-0.2, 0) is 0 Å². The summed E-state index contributed by atoms with van der Waals surface area (Å²) in [6.45, 7) is 3.82. The van der Waals surface area contributed by atoms with Crippen molar-refractivity contribution in [3.8, 4) is 0 Å². The van der Waals surface area contributed by atoms with Gasteiger partial charge < -0.3 is 0 Å². The van der Waals surface area contributed by atoms with Crippen molar-refractivity contribution >= 4 is 6.72 Å². The van der Waals surface area contributed by atoms with Gasteiger partial charge in [0.05, 0.1) is 0 Å². The summed E-state index contributed by atoms with van der Waals surface area (Å²) in [6.07, 6.45) is 12.7. The van der Waals surface area contributed by atoms with Gasteiger partial charge in [0, 0.05) is 18.1 Å². The number of fused-ring (bicyclic) bond motifs is 1. The Morgan fingerprint density at radius 2 is 1.65 bits per heavy atom. The van der Waals surface area contributed by atoms with E-state index in [1.807, 2.05) is 0 Å². The van der Waals surface area contributed by atoms with Crippen molar-refractivity contribution in [3.05, 3.63) is 0 Å². The third kappa shape index (κ3) is 2.04. The van der Waals surface area contributed by atoms with E-state index in [0.717, 1.165) is 17.9 Å². The Bertz CT molecular complexity index is 363. The van der Waals surface area contributed by atoms with E-state index >= 15 is 0 Å². The molecule has 1 heterocycles. The molecule has 4 heteroatoms. The van der Waals surface area contributed by atoms with Gasteiger partial charge in [0.25, 0.3) is 0 Å². The van der Waals surface area contributed by atoms with Gasteiger partial charge in [0.15, 0.2) is 6.29 Å². The van der Waals surface area contributed by atoms with Crippen molar-refractivity contribution in [2.24, 2.45) is 16.8 Å². The summed E-state index contributed by atoms with van der Waals surface area (Å²) >= 11 is 0. The zero-order chi connectivity index (χ0) is 13.5. The first-order valence-corrected chi connectivity index (χ1v) is 8.63. The molecule has 4 atom stereocenters. The molecule has 0 bridgehead atoms. The van der Waals surface area contributed by atoms with Gasteiger partial charge in [-0.25, -0.2) is 5.43 Å². The predicted octanol–water partition coefficient (Wildman–Crippen LogP) is 2.27. The molecule has 2 N–H and O–H groups in total. The second kappa shape index (κ2) is 5.39. The normalized spacial score (nSPS) is 43.4. The summed E-state index contributed by atoms with van der Waals surface area (Å²) in [5.74, 6) is 1.87. The van der Waals surface area contributed by atoms with Gasteiger partial charge >= 0.3 is 0 Å². The number of hydrazine groups is 1. The van der Waals surface area contributed by atoms with E-state index in [2.05, 4.69) is 27.5 Å². The molecule has 0 radical (unpaired) electrons. The van der Waals surface area contributed by atoms with Crippen LogP contribution in [0.25, 0.3) is 0 Å². The maximum atomic E-state index is 4.36. The molecule has 4 fully saturated rings. The Balaban J connectivity index is 1.60. The van der Waals surface area contributed by atoms with Gasteiger partial charge in [-0.05, 0) is 44.2 Å². The number of hydrogen-bond donors (Lipinski definition) is 2. The largest absolute Gasteiger partial charge is 0.265 e. The third-order valence-electron chi connectivity index (χ3n) is 6.35. The average Bonchev–Trinajstić information content (AvgIpc) is 2.35. The summed E-state index contributed by atoms with van der Waals surface area (Å²) in [5.41, 5.74) is 6.97. The highest BCUT2D eigenvalue weighted by atomic mass is 15.6. The van der Waals surface area contributed by atoms with Crippen LogP contribution in [-0.4, -0.2) is 36.0 Å². The van der Waals surface area contributed by atoms with E-state index in [9.17, 15) is 0 Å². The minimum Gasteiger partial charge on any atom is -0.265 e. The van der Waals surface area contributed by atoms with Crippen LogP contribution >= 0.6 is 0 Å².